The third-order valence-corrected chi connectivity index (χ3v) is 3.20. The molecular weight excluding hydrogens is 267 g/mol. The van der Waals surface area contributed by atoms with E-state index >= 15 is 0 Å². The van der Waals surface area contributed by atoms with Gasteiger partial charge in [-0.15, -0.1) is 0 Å². The summed E-state index contributed by atoms with van der Waals surface area (Å²) >= 11 is 6.01. The summed E-state index contributed by atoms with van der Waals surface area (Å²) in [5.41, 5.74) is 1.57. The molecule has 1 N–H and O–H groups in total. The van der Waals surface area contributed by atoms with Crippen LogP contribution in [0.5, 0.6) is 5.75 Å². The van der Waals surface area contributed by atoms with Crippen molar-refractivity contribution in [1.82, 2.24) is 0 Å². The van der Waals surface area contributed by atoms with E-state index in [4.69, 9.17) is 16.3 Å². The smallest absolute Gasteiger partial charge is 0.137 e. The molecule has 2 aromatic rings. The highest BCUT2D eigenvalue weighted by Crippen LogP contribution is 2.28. The van der Waals surface area contributed by atoms with Gasteiger partial charge in [0.2, 0.25) is 0 Å². The summed E-state index contributed by atoms with van der Waals surface area (Å²) in [6, 6.07) is 11.2. The summed E-state index contributed by atoms with van der Waals surface area (Å²) < 4.78 is 17.8. The van der Waals surface area contributed by atoms with Crippen LogP contribution in [0.1, 0.15) is 17.2 Å². The molecule has 1 atom stereocenters. The van der Waals surface area contributed by atoms with Crippen molar-refractivity contribution in [3.05, 3.63) is 64.4 Å². The van der Waals surface area contributed by atoms with Crippen LogP contribution in [-0.2, 0) is 6.42 Å². The number of hydrogen-bond donors (Lipinski definition) is 1. The van der Waals surface area contributed by atoms with Gasteiger partial charge in [0.1, 0.15) is 11.6 Å². The summed E-state index contributed by atoms with van der Waals surface area (Å²) in [4.78, 5) is 0. The fourth-order valence-corrected chi connectivity index (χ4v) is 2.12. The Morgan fingerprint density at radius 3 is 2.47 bits per heavy atom. The third-order valence-electron chi connectivity index (χ3n) is 2.90. The molecule has 0 aliphatic carbocycles. The largest absolute Gasteiger partial charge is 0.495 e. The Kier molecular flexibility index (Phi) is 4.40. The first-order chi connectivity index (χ1) is 9.10. The van der Waals surface area contributed by atoms with Gasteiger partial charge >= 0.3 is 0 Å². The normalized spacial score (nSPS) is 12.2. The lowest BCUT2D eigenvalue weighted by Crippen LogP contribution is -2.02. The van der Waals surface area contributed by atoms with Gasteiger partial charge in [-0.3, -0.25) is 0 Å². The molecule has 0 amide bonds. The molecule has 0 aliphatic heterocycles. The molecule has 0 fully saturated rings. The molecule has 2 nitrogen and oxygen atoms in total. The minimum Gasteiger partial charge on any atom is -0.495 e. The van der Waals surface area contributed by atoms with Crippen molar-refractivity contribution in [2.75, 3.05) is 7.11 Å². The first-order valence-corrected chi connectivity index (χ1v) is 6.24. The molecule has 0 saturated carbocycles. The Morgan fingerprint density at radius 1 is 1.21 bits per heavy atom. The van der Waals surface area contributed by atoms with E-state index in [9.17, 15) is 9.50 Å². The van der Waals surface area contributed by atoms with E-state index in [1.54, 1.807) is 30.3 Å². The third kappa shape index (κ3) is 3.46. The fourth-order valence-electron chi connectivity index (χ4n) is 1.85. The molecular formula is C15H14ClFO2. The SMILES string of the molecule is COc1ccc(C(O)Cc2ccc(F)cc2)cc1Cl. The minimum absolute atomic E-state index is 0.286. The second-order valence-corrected chi connectivity index (χ2v) is 4.65. The molecule has 0 aromatic heterocycles. The zero-order chi connectivity index (χ0) is 13.8. The average Bonchev–Trinajstić information content (AvgIpc) is 2.41. The van der Waals surface area contributed by atoms with Gasteiger partial charge in [0, 0.05) is 6.42 Å². The van der Waals surface area contributed by atoms with E-state index in [0.717, 1.165) is 5.56 Å². The van der Waals surface area contributed by atoms with Gasteiger partial charge in [0.15, 0.2) is 0 Å². The number of aliphatic hydroxyl groups excluding tert-OH is 1. The van der Waals surface area contributed by atoms with Crippen molar-refractivity contribution in [2.45, 2.75) is 12.5 Å². The van der Waals surface area contributed by atoms with Gasteiger partial charge < -0.3 is 9.84 Å². The lowest BCUT2D eigenvalue weighted by atomic mass is 10.0. The lowest BCUT2D eigenvalue weighted by Gasteiger charge is -2.13. The van der Waals surface area contributed by atoms with Crippen LogP contribution in [-0.4, -0.2) is 12.2 Å². The van der Waals surface area contributed by atoms with Crippen LogP contribution in [0.25, 0.3) is 0 Å². The first kappa shape index (κ1) is 13.8. The lowest BCUT2D eigenvalue weighted by molar-refractivity contribution is 0.178. The number of ether oxygens (including phenoxy) is 1. The highest BCUT2D eigenvalue weighted by molar-refractivity contribution is 6.32. The molecule has 0 saturated heterocycles. The standard InChI is InChI=1S/C15H14ClFO2/c1-19-15-7-4-11(9-13(15)16)14(18)8-10-2-5-12(17)6-3-10/h2-7,9,14,18H,8H2,1H3. The average molecular weight is 281 g/mol. The van der Waals surface area contributed by atoms with Gasteiger partial charge in [-0.2, -0.15) is 0 Å². The van der Waals surface area contributed by atoms with Gasteiger partial charge in [-0.1, -0.05) is 29.8 Å². The van der Waals surface area contributed by atoms with E-state index in [1.807, 2.05) is 0 Å². The molecule has 1 unspecified atom stereocenters. The van der Waals surface area contributed by atoms with E-state index in [2.05, 4.69) is 0 Å². The number of benzene rings is 2. The van der Waals surface area contributed by atoms with Crippen LogP contribution in [0, 0.1) is 5.82 Å². The summed E-state index contributed by atoms with van der Waals surface area (Å²) in [5, 5.41) is 10.6. The summed E-state index contributed by atoms with van der Waals surface area (Å²) in [6.07, 6.45) is -0.281. The van der Waals surface area contributed by atoms with Gasteiger partial charge in [0.05, 0.1) is 18.2 Å². The van der Waals surface area contributed by atoms with Crippen molar-refractivity contribution >= 4 is 11.6 Å². The quantitative estimate of drug-likeness (QED) is 0.924. The topological polar surface area (TPSA) is 29.5 Å². The molecule has 100 valence electrons. The predicted molar refractivity (Wildman–Crippen MR) is 73.1 cm³/mol. The summed E-state index contributed by atoms with van der Waals surface area (Å²) in [6.45, 7) is 0. The van der Waals surface area contributed by atoms with E-state index in [1.165, 1.54) is 19.2 Å². The summed E-state index contributed by atoms with van der Waals surface area (Å²) in [7, 11) is 1.54. The van der Waals surface area contributed by atoms with Crippen LogP contribution in [0.15, 0.2) is 42.5 Å². The maximum Gasteiger partial charge on any atom is 0.137 e. The Morgan fingerprint density at radius 2 is 1.89 bits per heavy atom. The fraction of sp³-hybridized carbons (Fsp3) is 0.200. The predicted octanol–water partition coefficient (Wildman–Crippen LogP) is 3.76. The van der Waals surface area contributed by atoms with E-state index in [-0.39, 0.29) is 5.82 Å². The van der Waals surface area contributed by atoms with Crippen molar-refractivity contribution in [2.24, 2.45) is 0 Å². The van der Waals surface area contributed by atoms with Crippen LogP contribution >= 0.6 is 11.6 Å². The van der Waals surface area contributed by atoms with Crippen molar-refractivity contribution < 1.29 is 14.2 Å². The van der Waals surface area contributed by atoms with Crippen LogP contribution in [0.4, 0.5) is 4.39 Å². The van der Waals surface area contributed by atoms with Crippen molar-refractivity contribution in [3.8, 4) is 5.75 Å². The Balaban J connectivity index is 2.13. The molecule has 0 spiro atoms. The molecule has 2 aromatic carbocycles. The number of hydrogen-bond acceptors (Lipinski definition) is 2. The number of aliphatic hydroxyl groups is 1. The zero-order valence-corrected chi connectivity index (χ0v) is 11.2. The molecule has 0 heterocycles. The maximum absolute atomic E-state index is 12.8. The number of rotatable bonds is 4. The van der Waals surface area contributed by atoms with Crippen molar-refractivity contribution in [3.63, 3.8) is 0 Å². The van der Waals surface area contributed by atoms with Crippen LogP contribution in [0.3, 0.4) is 0 Å². The monoisotopic (exact) mass is 280 g/mol. The molecule has 4 heteroatoms. The second-order valence-electron chi connectivity index (χ2n) is 4.24. The zero-order valence-electron chi connectivity index (χ0n) is 10.4. The first-order valence-electron chi connectivity index (χ1n) is 5.86. The Labute approximate surface area is 116 Å². The molecule has 0 bridgehead atoms. The number of methoxy groups -OCH3 is 1. The number of halogens is 2. The molecule has 19 heavy (non-hydrogen) atoms. The van der Waals surface area contributed by atoms with Gasteiger partial charge in [0.25, 0.3) is 0 Å². The highest BCUT2D eigenvalue weighted by atomic mass is 35.5. The van der Waals surface area contributed by atoms with Crippen molar-refractivity contribution in [1.29, 1.82) is 0 Å². The van der Waals surface area contributed by atoms with Crippen LogP contribution < -0.4 is 4.74 Å². The maximum atomic E-state index is 12.8. The second kappa shape index (κ2) is 6.04. The van der Waals surface area contributed by atoms with E-state index < -0.39 is 6.10 Å². The van der Waals surface area contributed by atoms with Crippen LogP contribution in [0.2, 0.25) is 5.02 Å². The highest BCUT2D eigenvalue weighted by Gasteiger charge is 2.11. The Hall–Kier alpha value is -1.58. The molecule has 2 rings (SSSR count). The molecule has 0 radical (unpaired) electrons. The summed E-state index contributed by atoms with van der Waals surface area (Å²) in [5.74, 6) is 0.283. The van der Waals surface area contributed by atoms with Gasteiger partial charge in [-0.25, -0.2) is 4.39 Å². The van der Waals surface area contributed by atoms with Gasteiger partial charge in [-0.05, 0) is 35.4 Å². The van der Waals surface area contributed by atoms with E-state index in [0.29, 0.717) is 22.8 Å². The molecule has 0 aliphatic rings. The Bertz CT molecular complexity index is 555. The minimum atomic E-state index is -0.686.